The van der Waals surface area contributed by atoms with Crippen LogP contribution in [-0.4, -0.2) is 28.8 Å². The van der Waals surface area contributed by atoms with E-state index in [2.05, 4.69) is 10.3 Å². The van der Waals surface area contributed by atoms with E-state index in [1.54, 1.807) is 7.11 Å². The number of ether oxygens (including phenoxy) is 1. The van der Waals surface area contributed by atoms with Crippen LogP contribution in [-0.2, 0) is 11.3 Å². The summed E-state index contributed by atoms with van der Waals surface area (Å²) in [4.78, 5) is 25.9. The highest BCUT2D eigenvalue weighted by Gasteiger charge is 2.19. The van der Waals surface area contributed by atoms with Crippen LogP contribution in [0.1, 0.15) is 27.7 Å². The summed E-state index contributed by atoms with van der Waals surface area (Å²) in [6.45, 7) is 8.56. The molecule has 20 heavy (non-hydrogen) atoms. The lowest BCUT2D eigenvalue weighted by Gasteiger charge is -2.24. The van der Waals surface area contributed by atoms with E-state index in [1.165, 1.54) is 4.57 Å². The van der Waals surface area contributed by atoms with Crippen molar-refractivity contribution in [2.45, 2.75) is 39.8 Å². The molecule has 1 aromatic heterocycles. The van der Waals surface area contributed by atoms with Crippen LogP contribution in [0.25, 0.3) is 0 Å². The van der Waals surface area contributed by atoms with E-state index in [-0.39, 0.29) is 17.4 Å². The molecule has 0 aliphatic carbocycles. The molecule has 0 fully saturated rings. The summed E-state index contributed by atoms with van der Waals surface area (Å²) < 4.78 is 6.64. The topological polar surface area (TPSA) is 102 Å². The van der Waals surface area contributed by atoms with E-state index in [1.807, 2.05) is 27.7 Å². The van der Waals surface area contributed by atoms with Crippen LogP contribution in [0.15, 0.2) is 9.59 Å². The van der Waals surface area contributed by atoms with Gasteiger partial charge in [-0.15, -0.1) is 0 Å². The van der Waals surface area contributed by atoms with Gasteiger partial charge in [0.05, 0.1) is 5.60 Å². The number of aromatic amines is 1. The Bertz CT molecular complexity index is 572. The molecule has 0 spiro atoms. The number of anilines is 2. The van der Waals surface area contributed by atoms with E-state index >= 15 is 0 Å². The van der Waals surface area contributed by atoms with E-state index in [9.17, 15) is 9.59 Å². The first-order chi connectivity index (χ1) is 9.18. The highest BCUT2D eigenvalue weighted by atomic mass is 16.5. The third-order valence-corrected chi connectivity index (χ3v) is 3.03. The zero-order valence-corrected chi connectivity index (χ0v) is 12.7. The molecular weight excluding hydrogens is 260 g/mol. The van der Waals surface area contributed by atoms with Crippen LogP contribution >= 0.6 is 0 Å². The van der Waals surface area contributed by atoms with Crippen molar-refractivity contribution in [2.24, 2.45) is 5.92 Å². The maximum absolute atomic E-state index is 11.9. The van der Waals surface area contributed by atoms with Crippen LogP contribution < -0.4 is 22.3 Å². The minimum absolute atomic E-state index is 0.152. The van der Waals surface area contributed by atoms with Gasteiger partial charge in [-0.25, -0.2) is 4.79 Å². The van der Waals surface area contributed by atoms with Crippen molar-refractivity contribution in [3.05, 3.63) is 20.8 Å². The molecule has 0 aromatic carbocycles. The zero-order valence-electron chi connectivity index (χ0n) is 12.7. The van der Waals surface area contributed by atoms with Crippen molar-refractivity contribution >= 4 is 11.5 Å². The van der Waals surface area contributed by atoms with Crippen molar-refractivity contribution in [2.75, 3.05) is 24.7 Å². The second-order valence-corrected chi connectivity index (χ2v) is 5.84. The van der Waals surface area contributed by atoms with E-state index in [0.717, 1.165) is 0 Å². The second-order valence-electron chi connectivity index (χ2n) is 5.84. The molecule has 7 nitrogen and oxygen atoms in total. The molecule has 0 radical (unpaired) electrons. The molecule has 0 saturated carbocycles. The molecule has 0 unspecified atom stereocenters. The normalized spacial score (nSPS) is 11.9. The molecule has 0 amide bonds. The van der Waals surface area contributed by atoms with Crippen LogP contribution in [0.5, 0.6) is 0 Å². The van der Waals surface area contributed by atoms with Crippen molar-refractivity contribution < 1.29 is 4.74 Å². The lowest BCUT2D eigenvalue weighted by Crippen LogP contribution is -2.38. The SMILES string of the molecule is COC(C)(C)CNc1c(N)n(CC(C)C)c(=O)[nH]c1=O. The summed E-state index contributed by atoms with van der Waals surface area (Å²) in [6, 6.07) is 0. The Morgan fingerprint density at radius 2 is 2.00 bits per heavy atom. The highest BCUT2D eigenvalue weighted by Crippen LogP contribution is 2.14. The molecule has 1 aromatic rings. The minimum atomic E-state index is -0.514. The van der Waals surface area contributed by atoms with Crippen LogP contribution in [0.4, 0.5) is 11.5 Å². The fraction of sp³-hybridized carbons (Fsp3) is 0.692. The van der Waals surface area contributed by atoms with Gasteiger partial charge in [0.25, 0.3) is 5.56 Å². The number of rotatable bonds is 6. The second kappa shape index (κ2) is 6.13. The van der Waals surface area contributed by atoms with Crippen molar-refractivity contribution in [1.29, 1.82) is 0 Å². The lowest BCUT2D eigenvalue weighted by molar-refractivity contribution is 0.0343. The van der Waals surface area contributed by atoms with Gasteiger partial charge in [-0.05, 0) is 19.8 Å². The van der Waals surface area contributed by atoms with Gasteiger partial charge in [0.1, 0.15) is 11.5 Å². The van der Waals surface area contributed by atoms with Crippen LogP contribution in [0.3, 0.4) is 0 Å². The molecule has 4 N–H and O–H groups in total. The quantitative estimate of drug-likeness (QED) is 0.710. The van der Waals surface area contributed by atoms with Gasteiger partial charge < -0.3 is 15.8 Å². The molecule has 1 rings (SSSR count). The summed E-state index contributed by atoms with van der Waals surface area (Å²) in [5.41, 5.74) is 4.70. The molecular formula is C13H24N4O3. The predicted molar refractivity (Wildman–Crippen MR) is 80.2 cm³/mol. The fourth-order valence-corrected chi connectivity index (χ4v) is 1.68. The summed E-state index contributed by atoms with van der Waals surface area (Å²) >= 11 is 0. The monoisotopic (exact) mass is 284 g/mol. The fourth-order valence-electron chi connectivity index (χ4n) is 1.68. The molecule has 7 heteroatoms. The first kappa shape index (κ1) is 16.3. The third-order valence-electron chi connectivity index (χ3n) is 3.03. The molecule has 0 bridgehead atoms. The maximum atomic E-state index is 11.9. The number of methoxy groups -OCH3 is 1. The standard InChI is InChI=1S/C13H24N4O3/c1-8(2)6-17-10(14)9(11(18)16-12(17)19)15-7-13(3,4)20-5/h8,15H,6-7,14H2,1-5H3,(H,16,18,19). The molecule has 1 heterocycles. The van der Waals surface area contributed by atoms with Gasteiger partial charge in [0, 0.05) is 20.2 Å². The Hall–Kier alpha value is -1.76. The highest BCUT2D eigenvalue weighted by molar-refractivity contribution is 5.60. The number of nitrogens with zero attached hydrogens (tertiary/aromatic N) is 1. The summed E-state index contributed by atoms with van der Waals surface area (Å²) in [6.07, 6.45) is 0. The first-order valence-corrected chi connectivity index (χ1v) is 6.59. The summed E-state index contributed by atoms with van der Waals surface area (Å²) in [5.74, 6) is 0.392. The Balaban J connectivity index is 3.14. The van der Waals surface area contributed by atoms with Gasteiger partial charge in [0.15, 0.2) is 0 Å². The van der Waals surface area contributed by atoms with Crippen LogP contribution in [0, 0.1) is 5.92 Å². The molecule has 0 atom stereocenters. The van der Waals surface area contributed by atoms with Crippen molar-refractivity contribution in [3.8, 4) is 0 Å². The number of nitrogen functional groups attached to an aromatic ring is 1. The summed E-state index contributed by atoms with van der Waals surface area (Å²) in [5, 5.41) is 2.96. The van der Waals surface area contributed by atoms with Gasteiger partial charge in [-0.3, -0.25) is 14.3 Å². The van der Waals surface area contributed by atoms with Crippen molar-refractivity contribution in [1.82, 2.24) is 9.55 Å². The Morgan fingerprint density at radius 3 is 2.50 bits per heavy atom. The number of aromatic nitrogens is 2. The van der Waals surface area contributed by atoms with E-state index in [4.69, 9.17) is 10.5 Å². The van der Waals surface area contributed by atoms with Gasteiger partial charge >= 0.3 is 5.69 Å². The lowest BCUT2D eigenvalue weighted by atomic mass is 10.1. The van der Waals surface area contributed by atoms with Gasteiger partial charge in [-0.1, -0.05) is 13.8 Å². The Kier molecular flexibility index (Phi) is 4.99. The van der Waals surface area contributed by atoms with Gasteiger partial charge in [-0.2, -0.15) is 0 Å². The van der Waals surface area contributed by atoms with E-state index < -0.39 is 16.9 Å². The number of hydrogen-bond acceptors (Lipinski definition) is 5. The van der Waals surface area contributed by atoms with Crippen LogP contribution in [0.2, 0.25) is 0 Å². The zero-order chi connectivity index (χ0) is 15.5. The van der Waals surface area contributed by atoms with Crippen molar-refractivity contribution in [3.63, 3.8) is 0 Å². The maximum Gasteiger partial charge on any atom is 0.330 e. The predicted octanol–water partition coefficient (Wildman–Crippen LogP) is 0.612. The number of nitrogens with two attached hydrogens (primary N) is 1. The smallest absolute Gasteiger partial charge is 0.330 e. The molecule has 0 saturated heterocycles. The average Bonchev–Trinajstić information content (AvgIpc) is 2.33. The largest absolute Gasteiger partial charge is 0.383 e. The van der Waals surface area contributed by atoms with E-state index in [0.29, 0.717) is 13.1 Å². The summed E-state index contributed by atoms with van der Waals surface area (Å²) in [7, 11) is 1.59. The first-order valence-electron chi connectivity index (χ1n) is 6.59. The number of H-pyrrole nitrogens is 1. The third kappa shape index (κ3) is 3.86. The Labute approximate surface area is 118 Å². The minimum Gasteiger partial charge on any atom is -0.383 e. The van der Waals surface area contributed by atoms with Gasteiger partial charge in [0.2, 0.25) is 0 Å². The molecule has 114 valence electrons. The molecule has 0 aliphatic rings. The number of hydrogen-bond donors (Lipinski definition) is 3. The Morgan fingerprint density at radius 1 is 1.40 bits per heavy atom. The number of nitrogens with one attached hydrogen (secondary N) is 2. The average molecular weight is 284 g/mol. The molecule has 0 aliphatic heterocycles.